The highest BCUT2D eigenvalue weighted by Crippen LogP contribution is 2.30. The van der Waals surface area contributed by atoms with E-state index in [0.29, 0.717) is 16.0 Å². The Labute approximate surface area is 109 Å². The first-order valence-electron chi connectivity index (χ1n) is 4.74. The fourth-order valence-corrected chi connectivity index (χ4v) is 2.19. The van der Waals surface area contributed by atoms with Gasteiger partial charge in [0.25, 0.3) is 0 Å². The number of benzene rings is 1. The van der Waals surface area contributed by atoms with Crippen molar-refractivity contribution in [3.8, 4) is 11.4 Å². The third kappa shape index (κ3) is 1.66. The Kier molecular flexibility index (Phi) is 2.45. The maximum absolute atomic E-state index is 13.7. The molecule has 2 heterocycles. The Morgan fingerprint density at radius 1 is 1.35 bits per heavy atom. The lowest BCUT2D eigenvalue weighted by Crippen LogP contribution is -1.79. The van der Waals surface area contributed by atoms with Gasteiger partial charge in [-0.3, -0.25) is 0 Å². The molecule has 0 atom stereocenters. The molecule has 86 valence electrons. The molecule has 0 aliphatic heterocycles. The summed E-state index contributed by atoms with van der Waals surface area (Å²) in [6.07, 6.45) is 1.52. The second-order valence-corrected chi connectivity index (χ2v) is 4.58. The van der Waals surface area contributed by atoms with Crippen LogP contribution in [-0.4, -0.2) is 9.97 Å². The van der Waals surface area contributed by atoms with Gasteiger partial charge in [-0.25, -0.2) is 9.37 Å². The van der Waals surface area contributed by atoms with Crippen LogP contribution in [0.1, 0.15) is 0 Å². The molecule has 0 radical (unpaired) electrons. The van der Waals surface area contributed by atoms with Crippen molar-refractivity contribution in [1.82, 2.24) is 9.97 Å². The Bertz CT molecular complexity index is 707. The third-order valence-corrected chi connectivity index (χ3v) is 3.32. The molecule has 1 N–H and O–H groups in total. The van der Waals surface area contributed by atoms with E-state index in [1.54, 1.807) is 12.1 Å². The highest BCUT2D eigenvalue weighted by molar-refractivity contribution is 9.10. The lowest BCUT2D eigenvalue weighted by Gasteiger charge is -1.92. The van der Waals surface area contributed by atoms with Gasteiger partial charge in [-0.05, 0) is 34.1 Å². The van der Waals surface area contributed by atoms with Crippen molar-refractivity contribution in [2.24, 2.45) is 0 Å². The average Bonchev–Trinajstić information content (AvgIpc) is 2.89. The first-order valence-corrected chi connectivity index (χ1v) is 5.91. The molecular weight excluding hydrogens is 310 g/mol. The molecular formula is C11H5BrClFN2O. The zero-order valence-corrected chi connectivity index (χ0v) is 10.6. The number of halogens is 3. The van der Waals surface area contributed by atoms with Crippen molar-refractivity contribution in [3.63, 3.8) is 0 Å². The minimum Gasteiger partial charge on any atom is -0.457 e. The quantitative estimate of drug-likeness (QED) is 0.724. The smallest absolute Gasteiger partial charge is 0.179 e. The normalized spacial score (nSPS) is 11.2. The number of furan rings is 1. The third-order valence-electron chi connectivity index (χ3n) is 2.42. The Balaban J connectivity index is 2.27. The van der Waals surface area contributed by atoms with Gasteiger partial charge in [-0.15, -0.1) is 0 Å². The van der Waals surface area contributed by atoms with Crippen LogP contribution < -0.4 is 0 Å². The molecule has 17 heavy (non-hydrogen) atoms. The summed E-state index contributed by atoms with van der Waals surface area (Å²) in [5.41, 5.74) is 1.55. The molecule has 0 aliphatic carbocycles. The maximum atomic E-state index is 13.7. The molecule has 2 aromatic heterocycles. The van der Waals surface area contributed by atoms with Gasteiger partial charge < -0.3 is 9.40 Å². The van der Waals surface area contributed by atoms with Crippen LogP contribution in [0.5, 0.6) is 0 Å². The summed E-state index contributed by atoms with van der Waals surface area (Å²) in [7, 11) is 0. The summed E-state index contributed by atoms with van der Waals surface area (Å²) >= 11 is 8.94. The standard InChI is InChI=1S/C11H5BrClFN2O/c12-10-5(3-4-17-10)11-15-7-2-1-6(13)8(14)9(7)16-11/h1-4H,(H,15,16). The molecule has 6 heteroatoms. The number of imidazole rings is 1. The topological polar surface area (TPSA) is 41.8 Å². The number of rotatable bonds is 1. The van der Waals surface area contributed by atoms with Gasteiger partial charge in [-0.1, -0.05) is 11.6 Å². The molecule has 0 amide bonds. The SMILES string of the molecule is Fc1c(Cl)ccc2[nH]c(-c3ccoc3Br)nc12. The van der Waals surface area contributed by atoms with E-state index < -0.39 is 5.82 Å². The van der Waals surface area contributed by atoms with Crippen molar-refractivity contribution in [2.45, 2.75) is 0 Å². The molecule has 0 bridgehead atoms. The summed E-state index contributed by atoms with van der Waals surface area (Å²) in [6, 6.07) is 4.91. The molecule has 3 rings (SSSR count). The number of fused-ring (bicyclic) bond motifs is 1. The molecule has 0 fully saturated rings. The molecule has 0 spiro atoms. The fourth-order valence-electron chi connectivity index (χ4n) is 1.61. The number of aromatic nitrogens is 2. The van der Waals surface area contributed by atoms with E-state index in [4.69, 9.17) is 16.0 Å². The number of nitrogens with zero attached hydrogens (tertiary/aromatic N) is 1. The van der Waals surface area contributed by atoms with Crippen LogP contribution in [0.15, 0.2) is 33.5 Å². The van der Waals surface area contributed by atoms with E-state index in [9.17, 15) is 4.39 Å². The van der Waals surface area contributed by atoms with Crippen molar-refractivity contribution in [1.29, 1.82) is 0 Å². The molecule has 3 aromatic rings. The first kappa shape index (κ1) is 10.8. The zero-order valence-electron chi connectivity index (χ0n) is 8.30. The van der Waals surface area contributed by atoms with Crippen LogP contribution in [0, 0.1) is 5.82 Å². The minimum absolute atomic E-state index is 0.0572. The predicted octanol–water partition coefficient (Wildman–Crippen LogP) is 4.38. The Hall–Kier alpha value is -1.33. The lowest BCUT2D eigenvalue weighted by atomic mass is 10.3. The van der Waals surface area contributed by atoms with E-state index in [-0.39, 0.29) is 10.5 Å². The highest BCUT2D eigenvalue weighted by Gasteiger charge is 2.14. The summed E-state index contributed by atoms with van der Waals surface area (Å²) < 4.78 is 19.4. The molecule has 0 saturated heterocycles. The van der Waals surface area contributed by atoms with Crippen LogP contribution in [0.4, 0.5) is 4.39 Å². The number of H-pyrrole nitrogens is 1. The van der Waals surface area contributed by atoms with Gasteiger partial charge in [-0.2, -0.15) is 0 Å². The first-order chi connectivity index (χ1) is 8.16. The van der Waals surface area contributed by atoms with Crippen molar-refractivity contribution in [3.05, 3.63) is 40.0 Å². The zero-order chi connectivity index (χ0) is 12.0. The molecule has 3 nitrogen and oxygen atoms in total. The van der Waals surface area contributed by atoms with Gasteiger partial charge in [0.2, 0.25) is 0 Å². The lowest BCUT2D eigenvalue weighted by molar-refractivity contribution is 0.542. The maximum Gasteiger partial charge on any atom is 0.179 e. The second-order valence-electron chi connectivity index (χ2n) is 3.45. The van der Waals surface area contributed by atoms with E-state index in [0.717, 1.165) is 5.56 Å². The number of nitrogens with one attached hydrogen (secondary N) is 1. The highest BCUT2D eigenvalue weighted by atomic mass is 79.9. The minimum atomic E-state index is -0.522. The average molecular weight is 316 g/mol. The van der Waals surface area contributed by atoms with Crippen LogP contribution in [0.3, 0.4) is 0 Å². The Morgan fingerprint density at radius 3 is 2.88 bits per heavy atom. The second kappa shape index (κ2) is 3.85. The Morgan fingerprint density at radius 2 is 2.18 bits per heavy atom. The summed E-state index contributed by atoms with van der Waals surface area (Å²) in [6.45, 7) is 0. The number of aromatic amines is 1. The van der Waals surface area contributed by atoms with Gasteiger partial charge in [0.05, 0.1) is 22.4 Å². The molecule has 0 aliphatic rings. The van der Waals surface area contributed by atoms with Gasteiger partial charge in [0.1, 0.15) is 11.3 Å². The van der Waals surface area contributed by atoms with E-state index >= 15 is 0 Å². The van der Waals surface area contributed by atoms with Crippen LogP contribution >= 0.6 is 27.5 Å². The molecule has 0 unspecified atom stereocenters. The van der Waals surface area contributed by atoms with E-state index in [2.05, 4.69) is 25.9 Å². The largest absolute Gasteiger partial charge is 0.457 e. The van der Waals surface area contributed by atoms with Gasteiger partial charge in [0, 0.05) is 0 Å². The van der Waals surface area contributed by atoms with Gasteiger partial charge in [0.15, 0.2) is 10.5 Å². The monoisotopic (exact) mass is 314 g/mol. The predicted molar refractivity (Wildman–Crippen MR) is 66.5 cm³/mol. The molecule has 0 saturated carbocycles. The van der Waals surface area contributed by atoms with Crippen LogP contribution in [-0.2, 0) is 0 Å². The summed E-state index contributed by atoms with van der Waals surface area (Å²) in [5.74, 6) is 0.00748. The van der Waals surface area contributed by atoms with Gasteiger partial charge >= 0.3 is 0 Å². The number of hydrogen-bond acceptors (Lipinski definition) is 2. The van der Waals surface area contributed by atoms with Crippen LogP contribution in [0.25, 0.3) is 22.4 Å². The fraction of sp³-hybridized carbons (Fsp3) is 0. The van der Waals surface area contributed by atoms with Crippen molar-refractivity contribution < 1.29 is 8.81 Å². The summed E-state index contributed by atoms with van der Waals surface area (Å²) in [4.78, 5) is 7.18. The van der Waals surface area contributed by atoms with Crippen LogP contribution in [0.2, 0.25) is 5.02 Å². The van der Waals surface area contributed by atoms with Crippen molar-refractivity contribution >= 4 is 38.6 Å². The van der Waals surface area contributed by atoms with Crippen molar-refractivity contribution in [2.75, 3.05) is 0 Å². The summed E-state index contributed by atoms with van der Waals surface area (Å²) in [5, 5.41) is 0.0572. The van der Waals surface area contributed by atoms with E-state index in [1.165, 1.54) is 12.3 Å². The molecule has 1 aromatic carbocycles. The number of hydrogen-bond donors (Lipinski definition) is 1. The van der Waals surface area contributed by atoms with E-state index in [1.807, 2.05) is 0 Å².